The van der Waals surface area contributed by atoms with E-state index in [2.05, 4.69) is 82.1 Å². The van der Waals surface area contributed by atoms with Gasteiger partial charge in [0.2, 0.25) is 10.8 Å². The van der Waals surface area contributed by atoms with E-state index in [9.17, 15) is 0 Å². The zero-order valence-electron chi connectivity index (χ0n) is 27.2. The zero-order chi connectivity index (χ0) is 36.1. The van der Waals surface area contributed by atoms with Gasteiger partial charge in [-0.3, -0.25) is 8.42 Å². The minimum absolute atomic E-state index is 0.404. The molecule has 0 heterocycles. The van der Waals surface area contributed by atoms with E-state index in [1.807, 2.05) is 59.9 Å². The topological polar surface area (TPSA) is 143 Å². The van der Waals surface area contributed by atoms with Crippen molar-refractivity contribution >= 4 is 79.9 Å². The van der Waals surface area contributed by atoms with Gasteiger partial charge in [0, 0.05) is 69.9 Å². The molecular formula is C34H38Cl2N6O4S3. The third kappa shape index (κ3) is 17.1. The number of anilines is 2. The second-order valence-corrected chi connectivity index (χ2v) is 14.0. The fourth-order valence-electron chi connectivity index (χ4n) is 4.41. The summed E-state index contributed by atoms with van der Waals surface area (Å²) in [6.45, 7) is 8.04. The van der Waals surface area contributed by atoms with Crippen LogP contribution in [0.2, 0.25) is 10.0 Å². The average Bonchev–Trinajstić information content (AvgIpc) is 3.09. The molecule has 0 aliphatic heterocycles. The van der Waals surface area contributed by atoms with Gasteiger partial charge < -0.3 is 18.9 Å². The summed E-state index contributed by atoms with van der Waals surface area (Å²) >= 11 is 15.9. The lowest BCUT2D eigenvalue weighted by atomic mass is 10.2. The van der Waals surface area contributed by atoms with Gasteiger partial charge in [-0.05, 0) is 86.7 Å². The Hall–Kier alpha value is -3.53. The Bertz CT molecular complexity index is 1640. The molecule has 0 unspecified atom stereocenters. The Morgan fingerprint density at radius 2 is 1.00 bits per heavy atom. The first kappa shape index (κ1) is 41.6. The van der Waals surface area contributed by atoms with Crippen molar-refractivity contribution in [1.82, 2.24) is 0 Å². The lowest BCUT2D eigenvalue weighted by molar-refractivity contribution is 0.352. The van der Waals surface area contributed by atoms with Crippen LogP contribution < -0.4 is 9.80 Å². The van der Waals surface area contributed by atoms with Gasteiger partial charge in [-0.1, -0.05) is 59.6 Å². The quantitative estimate of drug-likeness (QED) is 0.0400. The molecule has 0 radical (unpaired) electrons. The van der Waals surface area contributed by atoms with Gasteiger partial charge in [-0.2, -0.15) is 0 Å². The molecule has 0 aliphatic carbocycles. The van der Waals surface area contributed by atoms with Gasteiger partial charge in [0.1, 0.15) is 10.0 Å². The van der Waals surface area contributed by atoms with Crippen LogP contribution in [-0.2, 0) is 10.4 Å². The first-order chi connectivity index (χ1) is 23.5. The summed E-state index contributed by atoms with van der Waals surface area (Å²) in [5.41, 5.74) is 2.93. The summed E-state index contributed by atoms with van der Waals surface area (Å²) in [6, 6.07) is 31.9. The largest absolute Gasteiger partial charge is 0.759 e. The molecule has 0 aromatic heterocycles. The minimum Gasteiger partial charge on any atom is -0.759 e. The predicted octanol–water partition coefficient (Wildman–Crippen LogP) is 10.3. The molecule has 0 spiro atoms. The molecule has 4 aromatic carbocycles. The van der Waals surface area contributed by atoms with E-state index in [-0.39, 0.29) is 0 Å². The van der Waals surface area contributed by atoms with Crippen molar-refractivity contribution in [3.05, 3.63) is 117 Å². The summed E-state index contributed by atoms with van der Waals surface area (Å²) in [5.74, 6) is 2.16. The molecule has 49 heavy (non-hydrogen) atoms. The van der Waals surface area contributed by atoms with Crippen LogP contribution in [0.15, 0.2) is 107 Å². The third-order valence-electron chi connectivity index (χ3n) is 6.74. The highest BCUT2D eigenvalue weighted by atomic mass is 35.5. The van der Waals surface area contributed by atoms with Gasteiger partial charge >= 0.3 is 11.4 Å². The van der Waals surface area contributed by atoms with E-state index in [1.165, 1.54) is 9.79 Å². The maximum Gasteiger partial charge on any atom is 0.403 e. The second kappa shape index (κ2) is 23.0. The Labute approximate surface area is 307 Å². The predicted molar refractivity (Wildman–Crippen MR) is 202 cm³/mol. The van der Waals surface area contributed by atoms with Gasteiger partial charge in [0.25, 0.3) is 0 Å². The van der Waals surface area contributed by atoms with Crippen LogP contribution in [0.5, 0.6) is 0 Å². The maximum absolute atomic E-state index is 8.81. The van der Waals surface area contributed by atoms with Crippen molar-refractivity contribution in [2.45, 2.75) is 36.5 Å². The molecule has 260 valence electrons. The van der Waals surface area contributed by atoms with Crippen LogP contribution in [0.4, 0.5) is 22.7 Å². The highest BCUT2D eigenvalue weighted by Crippen LogP contribution is 2.31. The van der Waals surface area contributed by atoms with E-state index < -0.39 is 10.4 Å². The van der Waals surface area contributed by atoms with E-state index >= 15 is 0 Å². The maximum atomic E-state index is 8.81. The lowest BCUT2D eigenvalue weighted by Gasteiger charge is -2.22. The Morgan fingerprint density at radius 1 is 0.653 bits per heavy atom. The number of rotatable bonds is 14. The third-order valence-corrected chi connectivity index (χ3v) is 9.54. The molecule has 0 aliphatic rings. The minimum atomic E-state index is -5.17. The van der Waals surface area contributed by atoms with Gasteiger partial charge in [0.05, 0.1) is 0 Å². The van der Waals surface area contributed by atoms with Crippen LogP contribution in [0, 0.1) is 10.8 Å². The van der Waals surface area contributed by atoms with Gasteiger partial charge in [-0.25, -0.2) is 0 Å². The number of nitrogens with zero attached hydrogens (tertiary/aromatic N) is 6. The molecule has 0 saturated heterocycles. The van der Waals surface area contributed by atoms with Crippen molar-refractivity contribution in [3.63, 3.8) is 0 Å². The monoisotopic (exact) mass is 760 g/mol. The van der Waals surface area contributed by atoms with E-state index in [0.29, 0.717) is 21.4 Å². The summed E-state index contributed by atoms with van der Waals surface area (Å²) in [7, 11) is -5.17. The standard InChI is InChI=1S/2C17H19ClN3S.H2O4S/c2*1-2-21(14-9-10-17(20-19)16(18)13-14)11-6-12-22-15-7-4-3-5-8-15;1-5(2,3)4/h2*3-5,7-10,13H,2,6,11-12H2,1H3;(H2,1,2,3,4)/q2*+1;/p-2. The zero-order valence-corrected chi connectivity index (χ0v) is 31.2. The van der Waals surface area contributed by atoms with Crippen LogP contribution in [0.25, 0.3) is 9.95 Å². The Morgan fingerprint density at radius 3 is 1.29 bits per heavy atom. The van der Waals surface area contributed by atoms with Crippen molar-refractivity contribution in [3.8, 4) is 0 Å². The Balaban J connectivity index is 0.000000299. The molecule has 0 bridgehead atoms. The molecule has 15 heteroatoms. The highest BCUT2D eigenvalue weighted by molar-refractivity contribution is 7.99. The fraction of sp³-hybridized carbons (Fsp3) is 0.294. The molecule has 0 amide bonds. The van der Waals surface area contributed by atoms with Crippen LogP contribution in [0.1, 0.15) is 26.7 Å². The molecule has 10 nitrogen and oxygen atoms in total. The average molecular weight is 762 g/mol. The smallest absolute Gasteiger partial charge is 0.403 e. The molecule has 4 rings (SSSR count). The highest BCUT2D eigenvalue weighted by Gasteiger charge is 2.15. The SMILES string of the molecule is CCN(CCCSc1ccccc1)c1ccc([N+]#N)c(Cl)c1.CCN(CCCSc1ccccc1)c1ccc([N+]#N)c(Cl)c1.O=S(=O)([O-])[O-]. The van der Waals surface area contributed by atoms with Gasteiger partial charge in [0.15, 0.2) is 9.95 Å². The summed E-state index contributed by atoms with van der Waals surface area (Å²) < 4.78 is 34.1. The van der Waals surface area contributed by atoms with Crippen molar-refractivity contribution in [2.24, 2.45) is 0 Å². The fourth-order valence-corrected chi connectivity index (χ4v) is 6.55. The van der Waals surface area contributed by atoms with Crippen molar-refractivity contribution in [2.75, 3.05) is 47.5 Å². The molecule has 0 saturated carbocycles. The summed E-state index contributed by atoms with van der Waals surface area (Å²) in [6.07, 6.45) is 2.19. The number of halogens is 2. The molecular weight excluding hydrogens is 724 g/mol. The van der Waals surface area contributed by atoms with E-state index in [0.717, 1.165) is 61.9 Å². The lowest BCUT2D eigenvalue weighted by Crippen LogP contribution is -2.24. The first-order valence-corrected chi connectivity index (χ1v) is 19.4. The number of hydrogen-bond donors (Lipinski definition) is 0. The van der Waals surface area contributed by atoms with Crippen LogP contribution in [0.3, 0.4) is 0 Å². The van der Waals surface area contributed by atoms with E-state index in [4.69, 9.17) is 51.5 Å². The normalized spacial score (nSPS) is 10.4. The molecule has 0 atom stereocenters. The first-order valence-electron chi connectivity index (χ1n) is 15.3. The molecule has 0 N–H and O–H groups in total. The van der Waals surface area contributed by atoms with Crippen LogP contribution >= 0.6 is 46.7 Å². The number of thioether (sulfide) groups is 2. The van der Waals surface area contributed by atoms with Crippen molar-refractivity contribution in [1.29, 1.82) is 10.8 Å². The summed E-state index contributed by atoms with van der Waals surface area (Å²) in [4.78, 5) is 13.5. The van der Waals surface area contributed by atoms with E-state index in [1.54, 1.807) is 12.1 Å². The molecule has 4 aromatic rings. The van der Waals surface area contributed by atoms with Crippen molar-refractivity contribution < 1.29 is 17.5 Å². The second-order valence-electron chi connectivity index (χ2n) is 10.1. The van der Waals surface area contributed by atoms with Gasteiger partial charge in [-0.15, -0.1) is 23.5 Å². The number of diazo groups is 2. The Kier molecular flexibility index (Phi) is 19.5. The molecule has 0 fully saturated rings. The summed E-state index contributed by atoms with van der Waals surface area (Å²) in [5, 5.41) is 18.6. The number of benzene rings is 4. The number of hydrogen-bond acceptors (Lipinski definition) is 10. The van der Waals surface area contributed by atoms with Crippen LogP contribution in [-0.4, -0.2) is 55.2 Å².